The van der Waals surface area contributed by atoms with E-state index in [-0.39, 0.29) is 4.90 Å². The molecule has 0 unspecified atom stereocenters. The molecular formula is C20H20F3N3O2S. The number of hydrogen-bond acceptors (Lipinski definition) is 3. The molecule has 0 radical (unpaired) electrons. The van der Waals surface area contributed by atoms with Gasteiger partial charge in [-0.3, -0.25) is 0 Å². The molecular weight excluding hydrogens is 403 g/mol. The van der Waals surface area contributed by atoms with E-state index in [2.05, 4.69) is 9.71 Å². The second kappa shape index (κ2) is 8.00. The second-order valence-electron chi connectivity index (χ2n) is 6.65. The van der Waals surface area contributed by atoms with Crippen LogP contribution in [0.1, 0.15) is 16.7 Å². The molecule has 0 amide bonds. The van der Waals surface area contributed by atoms with Gasteiger partial charge in [0.15, 0.2) is 0 Å². The summed E-state index contributed by atoms with van der Waals surface area (Å²) in [4.78, 5) is 4.40. The Morgan fingerprint density at radius 2 is 1.86 bits per heavy atom. The number of imidazole rings is 1. The van der Waals surface area contributed by atoms with E-state index in [4.69, 9.17) is 0 Å². The Balaban J connectivity index is 1.95. The van der Waals surface area contributed by atoms with E-state index in [0.29, 0.717) is 29.7 Å². The standard InChI is InChI=1S/C20H20F3N3O2S/c1-24-29(27,28)17-9-8-15(18(11-17)19-12-26(2)13-25-19)7-6-14-4-3-5-16(10-14)20(21,22)23/h3-5,8-13,24H,6-7H2,1-2H3. The highest BCUT2D eigenvalue weighted by molar-refractivity contribution is 7.89. The van der Waals surface area contributed by atoms with Gasteiger partial charge in [-0.1, -0.05) is 24.3 Å². The predicted octanol–water partition coefficient (Wildman–Crippen LogP) is 3.80. The van der Waals surface area contributed by atoms with Crippen molar-refractivity contribution in [2.24, 2.45) is 7.05 Å². The van der Waals surface area contributed by atoms with Crippen LogP contribution in [0.4, 0.5) is 13.2 Å². The molecule has 1 heterocycles. The highest BCUT2D eigenvalue weighted by Crippen LogP contribution is 2.30. The van der Waals surface area contributed by atoms with Gasteiger partial charge in [0.2, 0.25) is 10.0 Å². The summed E-state index contributed by atoms with van der Waals surface area (Å²) in [5, 5.41) is 0. The van der Waals surface area contributed by atoms with Crippen molar-refractivity contribution < 1.29 is 21.6 Å². The van der Waals surface area contributed by atoms with Crippen LogP contribution in [0.3, 0.4) is 0 Å². The summed E-state index contributed by atoms with van der Waals surface area (Å²) in [5.41, 5.74) is 1.90. The molecule has 0 atom stereocenters. The Morgan fingerprint density at radius 1 is 1.10 bits per heavy atom. The number of benzene rings is 2. The number of nitrogens with zero attached hydrogens (tertiary/aromatic N) is 2. The lowest BCUT2D eigenvalue weighted by molar-refractivity contribution is -0.137. The number of aromatic nitrogens is 2. The van der Waals surface area contributed by atoms with Gasteiger partial charge in [-0.25, -0.2) is 18.1 Å². The first-order valence-corrected chi connectivity index (χ1v) is 10.3. The Bertz CT molecular complexity index is 1120. The van der Waals surface area contributed by atoms with Crippen LogP contribution in [-0.2, 0) is 36.1 Å². The second-order valence-corrected chi connectivity index (χ2v) is 8.54. The van der Waals surface area contributed by atoms with Crippen molar-refractivity contribution in [3.05, 3.63) is 71.7 Å². The minimum absolute atomic E-state index is 0.100. The Morgan fingerprint density at radius 3 is 2.48 bits per heavy atom. The lowest BCUT2D eigenvalue weighted by Crippen LogP contribution is -2.18. The molecule has 0 saturated heterocycles. The van der Waals surface area contributed by atoms with Crippen LogP contribution in [0.15, 0.2) is 59.9 Å². The van der Waals surface area contributed by atoms with Crippen LogP contribution in [0.2, 0.25) is 0 Å². The summed E-state index contributed by atoms with van der Waals surface area (Å²) >= 11 is 0. The molecule has 2 aromatic carbocycles. The summed E-state index contributed by atoms with van der Waals surface area (Å²) < 4.78 is 67.2. The van der Waals surface area contributed by atoms with Gasteiger partial charge in [-0.2, -0.15) is 13.2 Å². The summed E-state index contributed by atoms with van der Waals surface area (Å²) in [7, 11) is -0.508. The molecule has 0 aliphatic carbocycles. The normalized spacial score (nSPS) is 12.3. The quantitative estimate of drug-likeness (QED) is 0.656. The molecule has 0 spiro atoms. The number of alkyl halides is 3. The number of sulfonamides is 1. The molecule has 3 aromatic rings. The third kappa shape index (κ3) is 4.86. The number of hydrogen-bond donors (Lipinski definition) is 1. The van der Waals surface area contributed by atoms with Crippen LogP contribution in [-0.4, -0.2) is 25.0 Å². The largest absolute Gasteiger partial charge is 0.416 e. The third-order valence-corrected chi connectivity index (χ3v) is 5.99. The Kier molecular flexibility index (Phi) is 5.81. The lowest BCUT2D eigenvalue weighted by atomic mass is 9.97. The fraction of sp³-hybridized carbons (Fsp3) is 0.250. The molecule has 29 heavy (non-hydrogen) atoms. The zero-order valence-electron chi connectivity index (χ0n) is 15.9. The van der Waals surface area contributed by atoms with Gasteiger partial charge < -0.3 is 4.57 Å². The molecule has 5 nitrogen and oxygen atoms in total. The van der Waals surface area contributed by atoms with Gasteiger partial charge in [0.1, 0.15) is 0 Å². The molecule has 154 valence electrons. The molecule has 9 heteroatoms. The summed E-state index contributed by atoms with van der Waals surface area (Å²) in [5.74, 6) is 0. The van der Waals surface area contributed by atoms with Crippen molar-refractivity contribution in [1.82, 2.24) is 14.3 Å². The molecule has 0 fully saturated rings. The van der Waals surface area contributed by atoms with Gasteiger partial charge in [0, 0.05) is 18.8 Å². The highest BCUT2D eigenvalue weighted by Gasteiger charge is 2.30. The lowest BCUT2D eigenvalue weighted by Gasteiger charge is -2.12. The van der Waals surface area contributed by atoms with Crippen LogP contribution in [0.5, 0.6) is 0 Å². The molecule has 0 aliphatic rings. The molecule has 0 bridgehead atoms. The average molecular weight is 423 g/mol. The van der Waals surface area contributed by atoms with E-state index in [1.165, 1.54) is 25.2 Å². The fourth-order valence-corrected chi connectivity index (χ4v) is 3.79. The van der Waals surface area contributed by atoms with Crippen molar-refractivity contribution in [3.8, 4) is 11.3 Å². The van der Waals surface area contributed by atoms with Crippen molar-refractivity contribution >= 4 is 10.0 Å². The number of nitrogens with one attached hydrogen (secondary N) is 1. The molecule has 1 aromatic heterocycles. The molecule has 0 saturated carbocycles. The van der Waals surface area contributed by atoms with Crippen LogP contribution >= 0.6 is 0 Å². The minimum Gasteiger partial charge on any atom is -0.340 e. The first kappa shape index (κ1) is 21.1. The SMILES string of the molecule is CNS(=O)(=O)c1ccc(CCc2cccc(C(F)(F)F)c2)c(-c2cn(C)cn2)c1. The maximum atomic E-state index is 12.9. The highest BCUT2D eigenvalue weighted by atomic mass is 32.2. The van der Waals surface area contributed by atoms with Crippen LogP contribution in [0, 0.1) is 0 Å². The van der Waals surface area contributed by atoms with Gasteiger partial charge in [-0.05, 0) is 49.2 Å². The first-order chi connectivity index (χ1) is 13.6. The van der Waals surface area contributed by atoms with Crippen molar-refractivity contribution in [3.63, 3.8) is 0 Å². The van der Waals surface area contributed by atoms with Crippen LogP contribution in [0.25, 0.3) is 11.3 Å². The van der Waals surface area contributed by atoms with Crippen molar-refractivity contribution in [2.75, 3.05) is 7.05 Å². The number of aryl methyl sites for hydroxylation is 3. The van der Waals surface area contributed by atoms with E-state index >= 15 is 0 Å². The van der Waals surface area contributed by atoms with Gasteiger partial charge in [0.05, 0.1) is 22.5 Å². The molecule has 1 N–H and O–H groups in total. The number of halogens is 3. The van der Waals surface area contributed by atoms with E-state index in [9.17, 15) is 21.6 Å². The van der Waals surface area contributed by atoms with Crippen molar-refractivity contribution in [1.29, 1.82) is 0 Å². The molecule has 0 aliphatic heterocycles. The first-order valence-electron chi connectivity index (χ1n) is 8.81. The predicted molar refractivity (Wildman–Crippen MR) is 104 cm³/mol. The third-order valence-electron chi connectivity index (χ3n) is 4.58. The van der Waals surface area contributed by atoms with E-state index in [1.807, 2.05) is 0 Å². The van der Waals surface area contributed by atoms with Gasteiger partial charge in [-0.15, -0.1) is 0 Å². The maximum Gasteiger partial charge on any atom is 0.416 e. The summed E-state index contributed by atoms with van der Waals surface area (Å²) in [6, 6.07) is 9.92. The fourth-order valence-electron chi connectivity index (χ4n) is 3.03. The average Bonchev–Trinajstić information content (AvgIpc) is 3.12. The number of rotatable bonds is 6. The molecule has 3 rings (SSSR count). The topological polar surface area (TPSA) is 64.0 Å². The smallest absolute Gasteiger partial charge is 0.340 e. The van der Waals surface area contributed by atoms with Crippen LogP contribution < -0.4 is 4.72 Å². The zero-order valence-corrected chi connectivity index (χ0v) is 16.7. The van der Waals surface area contributed by atoms with Crippen molar-refractivity contribution in [2.45, 2.75) is 23.9 Å². The summed E-state index contributed by atoms with van der Waals surface area (Å²) in [6.45, 7) is 0. The zero-order chi connectivity index (χ0) is 21.2. The van der Waals surface area contributed by atoms with Gasteiger partial charge >= 0.3 is 6.18 Å². The van der Waals surface area contributed by atoms with E-state index < -0.39 is 21.8 Å². The van der Waals surface area contributed by atoms with Gasteiger partial charge in [0.25, 0.3) is 0 Å². The monoisotopic (exact) mass is 423 g/mol. The maximum absolute atomic E-state index is 12.9. The Hall–Kier alpha value is -2.65. The van der Waals surface area contributed by atoms with E-state index in [1.54, 1.807) is 36.3 Å². The van der Waals surface area contributed by atoms with E-state index in [0.717, 1.165) is 17.7 Å². The Labute approximate surface area is 167 Å². The summed E-state index contributed by atoms with van der Waals surface area (Å²) in [6.07, 6.45) is -0.211. The minimum atomic E-state index is -4.39.